The lowest BCUT2D eigenvalue weighted by molar-refractivity contribution is -0.146. The highest BCUT2D eigenvalue weighted by molar-refractivity contribution is 6.30. The smallest absolute Gasteiger partial charge is 0.322 e. The molecule has 124 valence electrons. The van der Waals surface area contributed by atoms with Gasteiger partial charge in [0.1, 0.15) is 0 Å². The van der Waals surface area contributed by atoms with E-state index in [1.165, 1.54) is 7.11 Å². The molecule has 23 heavy (non-hydrogen) atoms. The number of benzene rings is 1. The molecule has 1 aliphatic carbocycles. The number of urea groups is 1. The van der Waals surface area contributed by atoms with Crippen LogP contribution in [0.3, 0.4) is 0 Å². The van der Waals surface area contributed by atoms with Gasteiger partial charge in [0.15, 0.2) is 0 Å². The van der Waals surface area contributed by atoms with Crippen LogP contribution >= 0.6 is 11.6 Å². The number of hydrogen-bond acceptors (Lipinski definition) is 3. The van der Waals surface area contributed by atoms with Crippen molar-refractivity contribution < 1.29 is 14.3 Å². The first-order chi connectivity index (χ1) is 11.1. The van der Waals surface area contributed by atoms with Gasteiger partial charge in [-0.05, 0) is 55.4 Å². The highest BCUT2D eigenvalue weighted by atomic mass is 35.5. The maximum absolute atomic E-state index is 12.2. The van der Waals surface area contributed by atoms with Crippen LogP contribution < -0.4 is 5.32 Å². The van der Waals surface area contributed by atoms with Crippen LogP contribution in [0.4, 0.5) is 10.5 Å². The Hall–Kier alpha value is -1.75. The van der Waals surface area contributed by atoms with E-state index in [2.05, 4.69) is 5.32 Å². The Bertz CT molecular complexity index is 612. The number of fused-ring (bicyclic) bond motifs is 1. The molecule has 3 rings (SSSR count). The molecule has 2 amide bonds. The molecule has 1 aromatic rings. The van der Waals surface area contributed by atoms with Crippen molar-refractivity contribution in [2.24, 2.45) is 11.8 Å². The number of rotatable bonds is 3. The summed E-state index contributed by atoms with van der Waals surface area (Å²) >= 11 is 6.04. The third-order valence-electron chi connectivity index (χ3n) is 4.82. The van der Waals surface area contributed by atoms with Crippen LogP contribution in [0.15, 0.2) is 18.2 Å². The third-order valence-corrected chi connectivity index (χ3v) is 5.05. The summed E-state index contributed by atoms with van der Waals surface area (Å²) in [4.78, 5) is 25.7. The summed E-state index contributed by atoms with van der Waals surface area (Å²) in [5.74, 6) is 0.344. The molecule has 0 bridgehead atoms. The van der Waals surface area contributed by atoms with Gasteiger partial charge in [0.05, 0.1) is 13.0 Å². The maximum Gasteiger partial charge on any atom is 0.322 e. The normalized spacial score (nSPS) is 23.9. The van der Waals surface area contributed by atoms with E-state index >= 15 is 0 Å². The van der Waals surface area contributed by atoms with E-state index in [1.54, 1.807) is 6.07 Å². The lowest BCUT2D eigenvalue weighted by Crippen LogP contribution is -2.42. The van der Waals surface area contributed by atoms with Crippen LogP contribution in [-0.4, -0.2) is 30.6 Å². The Labute approximate surface area is 140 Å². The molecule has 6 heteroatoms. The molecule has 0 atom stereocenters. The van der Waals surface area contributed by atoms with Crippen LogP contribution in [0.2, 0.25) is 5.02 Å². The fraction of sp³-hybridized carbons (Fsp3) is 0.529. The molecule has 1 aromatic carbocycles. The van der Waals surface area contributed by atoms with Crippen molar-refractivity contribution >= 4 is 29.3 Å². The van der Waals surface area contributed by atoms with Gasteiger partial charge in [-0.3, -0.25) is 4.79 Å². The molecule has 0 saturated heterocycles. The van der Waals surface area contributed by atoms with E-state index in [0.717, 1.165) is 36.9 Å². The molecule has 0 spiro atoms. The van der Waals surface area contributed by atoms with Gasteiger partial charge in [0.2, 0.25) is 0 Å². The number of carbonyl (C=O) groups excluding carboxylic acids is 2. The summed E-state index contributed by atoms with van der Waals surface area (Å²) < 4.78 is 4.82. The summed E-state index contributed by atoms with van der Waals surface area (Å²) in [6, 6.07) is 5.46. The van der Waals surface area contributed by atoms with Gasteiger partial charge in [0, 0.05) is 23.8 Å². The number of esters is 1. The predicted octanol–water partition coefficient (Wildman–Crippen LogP) is 3.67. The second-order valence-corrected chi connectivity index (χ2v) is 6.79. The van der Waals surface area contributed by atoms with E-state index in [1.807, 2.05) is 17.0 Å². The highest BCUT2D eigenvalue weighted by Crippen LogP contribution is 2.32. The van der Waals surface area contributed by atoms with Crippen LogP contribution in [0.5, 0.6) is 0 Å². The van der Waals surface area contributed by atoms with Crippen molar-refractivity contribution in [3.63, 3.8) is 0 Å². The molecule has 1 heterocycles. The SMILES string of the molecule is COC(=O)C1CCC(CN2Cc3cc(Cl)ccc3NC2=O)CC1. The number of anilines is 1. The average molecular weight is 337 g/mol. The summed E-state index contributed by atoms with van der Waals surface area (Å²) in [6.45, 7) is 1.30. The molecular formula is C17H21ClN2O3. The topological polar surface area (TPSA) is 58.6 Å². The molecule has 0 aromatic heterocycles. The van der Waals surface area contributed by atoms with Gasteiger partial charge >= 0.3 is 12.0 Å². The number of nitrogens with one attached hydrogen (secondary N) is 1. The van der Waals surface area contributed by atoms with Gasteiger partial charge in [-0.15, -0.1) is 0 Å². The quantitative estimate of drug-likeness (QED) is 0.857. The first-order valence-electron chi connectivity index (χ1n) is 7.99. The van der Waals surface area contributed by atoms with Gasteiger partial charge in [-0.2, -0.15) is 0 Å². The van der Waals surface area contributed by atoms with Crippen molar-refractivity contribution in [1.82, 2.24) is 4.90 Å². The largest absolute Gasteiger partial charge is 0.469 e. The monoisotopic (exact) mass is 336 g/mol. The number of carbonyl (C=O) groups is 2. The third kappa shape index (κ3) is 3.61. The van der Waals surface area contributed by atoms with Crippen molar-refractivity contribution in [3.8, 4) is 0 Å². The van der Waals surface area contributed by atoms with Crippen molar-refractivity contribution in [1.29, 1.82) is 0 Å². The Morgan fingerprint density at radius 3 is 2.78 bits per heavy atom. The lowest BCUT2D eigenvalue weighted by atomic mass is 9.81. The number of methoxy groups -OCH3 is 1. The number of hydrogen-bond donors (Lipinski definition) is 1. The van der Waals surface area contributed by atoms with E-state index in [0.29, 0.717) is 24.0 Å². The molecule has 1 N–H and O–H groups in total. The fourth-order valence-electron chi connectivity index (χ4n) is 3.49. The van der Waals surface area contributed by atoms with Crippen molar-refractivity contribution in [3.05, 3.63) is 28.8 Å². The molecule has 5 nitrogen and oxygen atoms in total. The van der Waals surface area contributed by atoms with Crippen LogP contribution in [-0.2, 0) is 16.1 Å². The van der Waals surface area contributed by atoms with Gasteiger partial charge in [0.25, 0.3) is 0 Å². The number of nitrogens with zero attached hydrogens (tertiary/aromatic N) is 1. The van der Waals surface area contributed by atoms with E-state index < -0.39 is 0 Å². The molecule has 1 fully saturated rings. The number of amides is 2. The minimum atomic E-state index is -0.109. The highest BCUT2D eigenvalue weighted by Gasteiger charge is 2.30. The minimum absolute atomic E-state index is 0.0194. The van der Waals surface area contributed by atoms with Crippen molar-refractivity contribution in [2.75, 3.05) is 19.0 Å². The molecule has 0 unspecified atom stereocenters. The lowest BCUT2D eigenvalue weighted by Gasteiger charge is -2.34. The zero-order valence-corrected chi connectivity index (χ0v) is 13.9. The predicted molar refractivity (Wildman–Crippen MR) is 88.3 cm³/mol. The zero-order chi connectivity index (χ0) is 16.4. The zero-order valence-electron chi connectivity index (χ0n) is 13.2. The van der Waals surface area contributed by atoms with E-state index in [-0.39, 0.29) is 17.9 Å². The summed E-state index contributed by atoms with van der Waals surface area (Å²) in [6.07, 6.45) is 3.59. The first-order valence-corrected chi connectivity index (χ1v) is 8.37. The molecular weight excluding hydrogens is 316 g/mol. The molecule has 2 aliphatic rings. The summed E-state index contributed by atoms with van der Waals surface area (Å²) in [5.41, 5.74) is 1.88. The Morgan fingerprint density at radius 2 is 2.09 bits per heavy atom. The Balaban J connectivity index is 1.59. The number of halogens is 1. The molecule has 1 saturated carbocycles. The number of ether oxygens (including phenoxy) is 1. The standard InChI is InChI=1S/C17H21ClN2O3/c1-23-16(21)12-4-2-11(3-5-12)9-20-10-13-8-14(18)6-7-15(13)19-17(20)22/h6-8,11-12H,2-5,9-10H2,1H3,(H,19,22). The van der Waals surface area contributed by atoms with Crippen molar-refractivity contribution in [2.45, 2.75) is 32.2 Å². The van der Waals surface area contributed by atoms with Crippen LogP contribution in [0.25, 0.3) is 0 Å². The van der Waals surface area contributed by atoms with Crippen LogP contribution in [0, 0.1) is 11.8 Å². The van der Waals surface area contributed by atoms with Gasteiger partial charge in [-0.25, -0.2) is 4.79 Å². The Kier molecular flexibility index (Phi) is 4.76. The van der Waals surface area contributed by atoms with Gasteiger partial charge < -0.3 is 15.0 Å². The van der Waals surface area contributed by atoms with Crippen LogP contribution in [0.1, 0.15) is 31.2 Å². The van der Waals surface area contributed by atoms with Gasteiger partial charge in [-0.1, -0.05) is 11.6 Å². The minimum Gasteiger partial charge on any atom is -0.469 e. The molecule has 1 aliphatic heterocycles. The fourth-order valence-corrected chi connectivity index (χ4v) is 3.69. The first kappa shape index (κ1) is 16.1. The average Bonchev–Trinajstić information content (AvgIpc) is 2.56. The summed E-state index contributed by atoms with van der Waals surface area (Å²) in [5, 5.41) is 3.60. The Morgan fingerprint density at radius 1 is 1.35 bits per heavy atom. The second kappa shape index (κ2) is 6.79. The second-order valence-electron chi connectivity index (χ2n) is 6.35. The van der Waals surface area contributed by atoms with E-state index in [4.69, 9.17) is 16.3 Å². The maximum atomic E-state index is 12.2. The molecule has 0 radical (unpaired) electrons. The van der Waals surface area contributed by atoms with E-state index in [9.17, 15) is 9.59 Å². The summed E-state index contributed by atoms with van der Waals surface area (Å²) in [7, 11) is 1.44.